The fourth-order valence-corrected chi connectivity index (χ4v) is 3.08. The van der Waals surface area contributed by atoms with E-state index in [2.05, 4.69) is 11.9 Å². The Hall–Kier alpha value is -1.87. The molecule has 3 heteroatoms. The van der Waals surface area contributed by atoms with Gasteiger partial charge in [-0.05, 0) is 49.5 Å². The van der Waals surface area contributed by atoms with Gasteiger partial charge in [0.1, 0.15) is 0 Å². The molecule has 3 N–H and O–H groups in total. The molecule has 1 saturated carbocycles. The summed E-state index contributed by atoms with van der Waals surface area (Å²) < 4.78 is 0. The number of benzene rings is 1. The van der Waals surface area contributed by atoms with Crippen molar-refractivity contribution in [2.45, 2.75) is 45.1 Å². The molecule has 0 saturated heterocycles. The van der Waals surface area contributed by atoms with Gasteiger partial charge in [-0.15, -0.1) is 0 Å². The van der Waals surface area contributed by atoms with Crippen molar-refractivity contribution in [3.05, 3.63) is 59.8 Å². The molecule has 1 fully saturated rings. The Kier molecular flexibility index (Phi) is 5.96. The second kappa shape index (κ2) is 7.95. The highest BCUT2D eigenvalue weighted by Gasteiger charge is 2.21. The zero-order chi connectivity index (χ0) is 15.9. The zero-order valence-corrected chi connectivity index (χ0v) is 13.3. The molecular weight excluding hydrogens is 272 g/mol. The molecule has 0 aromatic heterocycles. The van der Waals surface area contributed by atoms with E-state index in [1.54, 1.807) is 6.08 Å². The molecule has 0 aliphatic heterocycles. The van der Waals surface area contributed by atoms with Crippen LogP contribution in [0, 0.1) is 5.92 Å². The Balaban J connectivity index is 2.00. The van der Waals surface area contributed by atoms with Crippen molar-refractivity contribution in [2.24, 2.45) is 11.7 Å². The summed E-state index contributed by atoms with van der Waals surface area (Å²) in [4.78, 5) is 12.1. The van der Waals surface area contributed by atoms with Gasteiger partial charge in [0, 0.05) is 17.3 Å². The molecule has 2 rings (SSSR count). The average molecular weight is 298 g/mol. The summed E-state index contributed by atoms with van der Waals surface area (Å²) in [5, 5.41) is 2.76. The van der Waals surface area contributed by atoms with E-state index in [0.29, 0.717) is 17.2 Å². The SMILES string of the molecule is C=C(/C=C\C)NC(=O)c1ccc(C(N)C2CCCCC2)cc1. The summed E-state index contributed by atoms with van der Waals surface area (Å²) in [6.45, 7) is 5.67. The van der Waals surface area contributed by atoms with Gasteiger partial charge in [-0.3, -0.25) is 4.79 Å². The Morgan fingerprint density at radius 2 is 1.91 bits per heavy atom. The van der Waals surface area contributed by atoms with Crippen LogP contribution in [-0.2, 0) is 0 Å². The standard InChI is InChI=1S/C19H26N2O/c1-3-7-14(2)21-19(22)17-12-10-16(11-13-17)18(20)15-8-5-4-6-9-15/h3,7,10-13,15,18H,2,4-6,8-9,20H2,1H3,(H,21,22)/b7-3-. The molecule has 1 aromatic carbocycles. The first-order chi connectivity index (χ1) is 10.6. The van der Waals surface area contributed by atoms with Gasteiger partial charge in [-0.25, -0.2) is 0 Å². The van der Waals surface area contributed by atoms with E-state index in [1.807, 2.05) is 37.3 Å². The predicted molar refractivity (Wildman–Crippen MR) is 91.4 cm³/mol. The van der Waals surface area contributed by atoms with Crippen molar-refractivity contribution in [2.75, 3.05) is 0 Å². The van der Waals surface area contributed by atoms with Crippen molar-refractivity contribution in [3.8, 4) is 0 Å². The zero-order valence-electron chi connectivity index (χ0n) is 13.3. The lowest BCUT2D eigenvalue weighted by Crippen LogP contribution is -2.24. The third-order valence-corrected chi connectivity index (χ3v) is 4.36. The summed E-state index contributed by atoms with van der Waals surface area (Å²) in [7, 11) is 0. The molecule has 1 aliphatic carbocycles. The lowest BCUT2D eigenvalue weighted by molar-refractivity contribution is 0.0967. The number of hydrogen-bond acceptors (Lipinski definition) is 2. The Labute approximate surface area is 133 Å². The van der Waals surface area contributed by atoms with E-state index in [9.17, 15) is 4.79 Å². The molecule has 1 amide bonds. The quantitative estimate of drug-likeness (QED) is 0.805. The van der Waals surface area contributed by atoms with Gasteiger partial charge in [-0.1, -0.05) is 44.1 Å². The molecule has 1 atom stereocenters. The lowest BCUT2D eigenvalue weighted by atomic mass is 9.81. The molecule has 0 bridgehead atoms. The van der Waals surface area contributed by atoms with Gasteiger partial charge in [-0.2, -0.15) is 0 Å². The summed E-state index contributed by atoms with van der Waals surface area (Å²) in [5.74, 6) is 0.434. The van der Waals surface area contributed by atoms with Crippen molar-refractivity contribution in [3.63, 3.8) is 0 Å². The molecule has 0 heterocycles. The predicted octanol–water partition coefficient (Wildman–Crippen LogP) is 4.09. The molecular formula is C19H26N2O. The molecule has 0 spiro atoms. The monoisotopic (exact) mass is 298 g/mol. The molecule has 22 heavy (non-hydrogen) atoms. The maximum atomic E-state index is 12.1. The van der Waals surface area contributed by atoms with Crippen LogP contribution in [0.5, 0.6) is 0 Å². The Bertz CT molecular complexity index is 539. The number of carbonyl (C=O) groups is 1. The maximum Gasteiger partial charge on any atom is 0.255 e. The minimum atomic E-state index is -0.138. The molecule has 0 radical (unpaired) electrons. The minimum absolute atomic E-state index is 0.0791. The summed E-state index contributed by atoms with van der Waals surface area (Å²) in [6.07, 6.45) is 9.94. The minimum Gasteiger partial charge on any atom is -0.324 e. The maximum absolute atomic E-state index is 12.1. The highest BCUT2D eigenvalue weighted by atomic mass is 16.1. The van der Waals surface area contributed by atoms with Gasteiger partial charge >= 0.3 is 0 Å². The van der Waals surface area contributed by atoms with Crippen molar-refractivity contribution >= 4 is 5.91 Å². The molecule has 1 aromatic rings. The van der Waals surface area contributed by atoms with Gasteiger partial charge in [0.05, 0.1) is 0 Å². The van der Waals surface area contributed by atoms with E-state index in [0.717, 1.165) is 5.56 Å². The largest absolute Gasteiger partial charge is 0.324 e. The molecule has 118 valence electrons. The Morgan fingerprint density at radius 1 is 1.27 bits per heavy atom. The first-order valence-corrected chi connectivity index (χ1v) is 8.10. The number of nitrogens with one attached hydrogen (secondary N) is 1. The van der Waals surface area contributed by atoms with E-state index in [1.165, 1.54) is 32.1 Å². The third-order valence-electron chi connectivity index (χ3n) is 4.36. The van der Waals surface area contributed by atoms with Crippen molar-refractivity contribution in [1.82, 2.24) is 5.32 Å². The van der Waals surface area contributed by atoms with Crippen LogP contribution in [0.3, 0.4) is 0 Å². The number of rotatable bonds is 5. The fraction of sp³-hybridized carbons (Fsp3) is 0.421. The van der Waals surface area contributed by atoms with Crippen LogP contribution in [-0.4, -0.2) is 5.91 Å². The summed E-state index contributed by atoms with van der Waals surface area (Å²) in [6, 6.07) is 7.72. The van der Waals surface area contributed by atoms with E-state index in [4.69, 9.17) is 5.73 Å². The number of hydrogen-bond donors (Lipinski definition) is 2. The number of nitrogens with two attached hydrogens (primary N) is 1. The van der Waals surface area contributed by atoms with Crippen LogP contribution in [0.25, 0.3) is 0 Å². The first-order valence-electron chi connectivity index (χ1n) is 8.10. The van der Waals surface area contributed by atoms with Gasteiger partial charge in [0.2, 0.25) is 0 Å². The van der Waals surface area contributed by atoms with Crippen molar-refractivity contribution < 1.29 is 4.79 Å². The first kappa shape index (κ1) is 16.5. The molecule has 3 nitrogen and oxygen atoms in total. The van der Waals surface area contributed by atoms with Crippen LogP contribution in [0.2, 0.25) is 0 Å². The number of carbonyl (C=O) groups excluding carboxylic acids is 1. The van der Waals surface area contributed by atoms with Crippen LogP contribution in [0.4, 0.5) is 0 Å². The lowest BCUT2D eigenvalue weighted by Gasteiger charge is -2.27. The van der Waals surface area contributed by atoms with Crippen molar-refractivity contribution in [1.29, 1.82) is 0 Å². The number of allylic oxidation sites excluding steroid dienone is 2. The fourth-order valence-electron chi connectivity index (χ4n) is 3.08. The summed E-state index contributed by atoms with van der Waals surface area (Å²) in [5.41, 5.74) is 8.74. The second-order valence-corrected chi connectivity index (χ2v) is 6.03. The Morgan fingerprint density at radius 3 is 2.50 bits per heavy atom. The van der Waals surface area contributed by atoms with Gasteiger partial charge in [0.25, 0.3) is 5.91 Å². The normalized spacial score (nSPS) is 17.4. The summed E-state index contributed by atoms with van der Waals surface area (Å²) >= 11 is 0. The van der Waals surface area contributed by atoms with Crippen LogP contribution in [0.15, 0.2) is 48.7 Å². The van der Waals surface area contributed by atoms with Crippen LogP contribution in [0.1, 0.15) is 61.0 Å². The van der Waals surface area contributed by atoms with Crippen LogP contribution >= 0.6 is 0 Å². The molecule has 1 unspecified atom stereocenters. The highest BCUT2D eigenvalue weighted by Crippen LogP contribution is 2.32. The van der Waals surface area contributed by atoms with Gasteiger partial charge in [0.15, 0.2) is 0 Å². The second-order valence-electron chi connectivity index (χ2n) is 6.03. The number of amides is 1. The van der Waals surface area contributed by atoms with E-state index in [-0.39, 0.29) is 11.9 Å². The van der Waals surface area contributed by atoms with E-state index < -0.39 is 0 Å². The smallest absolute Gasteiger partial charge is 0.255 e. The highest BCUT2D eigenvalue weighted by molar-refractivity contribution is 5.95. The van der Waals surface area contributed by atoms with Gasteiger partial charge < -0.3 is 11.1 Å². The third kappa shape index (κ3) is 4.31. The van der Waals surface area contributed by atoms with E-state index >= 15 is 0 Å². The topological polar surface area (TPSA) is 55.1 Å². The molecule has 1 aliphatic rings. The average Bonchev–Trinajstić information content (AvgIpc) is 2.55. The van der Waals surface area contributed by atoms with Crippen LogP contribution < -0.4 is 11.1 Å².